The summed E-state index contributed by atoms with van der Waals surface area (Å²) < 4.78 is 10.9. The third-order valence-electron chi connectivity index (χ3n) is 3.27. The van der Waals surface area contributed by atoms with Gasteiger partial charge in [0.2, 0.25) is 0 Å². The van der Waals surface area contributed by atoms with E-state index in [-0.39, 0.29) is 12.1 Å². The molecule has 0 bridgehead atoms. The summed E-state index contributed by atoms with van der Waals surface area (Å²) in [6.45, 7) is 4.10. The maximum absolute atomic E-state index is 11.4. The smallest absolute Gasteiger partial charge is 0.306 e. The zero-order valence-corrected chi connectivity index (χ0v) is 15.1. The second-order valence-electron chi connectivity index (χ2n) is 5.98. The lowest BCUT2D eigenvalue weighted by molar-refractivity contribution is -0.147. The van der Waals surface area contributed by atoms with Gasteiger partial charge in [0.15, 0.2) is 5.96 Å². The molecule has 0 aliphatic carbocycles. The first-order chi connectivity index (χ1) is 12.5. The molecule has 0 heterocycles. The molecule has 3 N–H and O–H groups in total. The second-order valence-corrected chi connectivity index (χ2v) is 5.98. The van der Waals surface area contributed by atoms with Crippen LogP contribution in [0, 0.1) is 0 Å². The normalized spacial score (nSPS) is 11.3. The molecule has 0 saturated carbocycles. The Kier molecular flexibility index (Phi) is 7.49. The van der Waals surface area contributed by atoms with Crippen LogP contribution in [0.5, 0.6) is 11.5 Å². The van der Waals surface area contributed by atoms with Gasteiger partial charge in [-0.3, -0.25) is 9.79 Å². The summed E-state index contributed by atoms with van der Waals surface area (Å²) in [7, 11) is 0. The van der Waals surface area contributed by atoms with Gasteiger partial charge in [-0.1, -0.05) is 24.3 Å². The molecule has 2 aromatic rings. The minimum Gasteiger partial charge on any atom is -0.463 e. The van der Waals surface area contributed by atoms with E-state index < -0.39 is 0 Å². The van der Waals surface area contributed by atoms with Gasteiger partial charge in [-0.15, -0.1) is 0 Å². The highest BCUT2D eigenvalue weighted by molar-refractivity contribution is 5.92. The quantitative estimate of drug-likeness (QED) is 0.324. The number of benzene rings is 2. The SMILES string of the molecule is CC(C)OC(=O)CCCN=C(N)Nc1cccc(Oc2ccccc2)c1. The predicted octanol–water partition coefficient (Wildman–Crippen LogP) is 3.94. The average Bonchev–Trinajstić information content (AvgIpc) is 2.59. The Labute approximate surface area is 154 Å². The van der Waals surface area contributed by atoms with Gasteiger partial charge in [0.05, 0.1) is 6.10 Å². The zero-order valence-electron chi connectivity index (χ0n) is 15.1. The highest BCUT2D eigenvalue weighted by Crippen LogP contribution is 2.23. The van der Waals surface area contributed by atoms with Gasteiger partial charge in [-0.2, -0.15) is 0 Å². The van der Waals surface area contributed by atoms with Crippen LogP contribution in [-0.4, -0.2) is 24.6 Å². The van der Waals surface area contributed by atoms with E-state index in [1.165, 1.54) is 0 Å². The molecular formula is C20H25N3O3. The number of esters is 1. The van der Waals surface area contributed by atoms with E-state index in [0.717, 1.165) is 11.4 Å². The average molecular weight is 355 g/mol. The third kappa shape index (κ3) is 7.25. The molecular weight excluding hydrogens is 330 g/mol. The number of carbonyl (C=O) groups is 1. The number of anilines is 1. The van der Waals surface area contributed by atoms with Crippen LogP contribution in [0.1, 0.15) is 26.7 Å². The zero-order chi connectivity index (χ0) is 18.8. The van der Waals surface area contributed by atoms with E-state index in [2.05, 4.69) is 10.3 Å². The largest absolute Gasteiger partial charge is 0.463 e. The molecule has 6 nitrogen and oxygen atoms in total. The van der Waals surface area contributed by atoms with E-state index >= 15 is 0 Å². The maximum Gasteiger partial charge on any atom is 0.306 e. The summed E-state index contributed by atoms with van der Waals surface area (Å²) in [6.07, 6.45) is 0.823. The number of carbonyl (C=O) groups excluding carboxylic acids is 1. The van der Waals surface area contributed by atoms with Gasteiger partial charge in [0, 0.05) is 24.7 Å². The van der Waals surface area contributed by atoms with Crippen LogP contribution < -0.4 is 15.8 Å². The van der Waals surface area contributed by atoms with E-state index in [0.29, 0.717) is 31.1 Å². The molecule has 0 aliphatic heterocycles. The lowest BCUT2D eigenvalue weighted by Gasteiger charge is -2.09. The van der Waals surface area contributed by atoms with Gasteiger partial charge < -0.3 is 20.5 Å². The van der Waals surface area contributed by atoms with Crippen molar-refractivity contribution in [3.8, 4) is 11.5 Å². The first-order valence-corrected chi connectivity index (χ1v) is 8.62. The summed E-state index contributed by atoms with van der Waals surface area (Å²) in [4.78, 5) is 15.7. The molecule has 0 spiro atoms. The lowest BCUT2D eigenvalue weighted by atomic mass is 10.3. The van der Waals surface area contributed by atoms with Crippen molar-refractivity contribution in [3.05, 3.63) is 54.6 Å². The molecule has 0 atom stereocenters. The fourth-order valence-electron chi connectivity index (χ4n) is 2.19. The molecule has 138 valence electrons. The van der Waals surface area contributed by atoms with Crippen molar-refractivity contribution in [2.45, 2.75) is 32.8 Å². The Morgan fingerprint density at radius 2 is 1.85 bits per heavy atom. The number of ether oxygens (including phenoxy) is 2. The maximum atomic E-state index is 11.4. The molecule has 0 unspecified atom stereocenters. The standard InChI is InChI=1S/C20H25N3O3/c1-15(2)25-19(24)12-7-13-22-20(21)23-16-8-6-11-18(14-16)26-17-9-4-3-5-10-17/h3-6,8-11,14-15H,7,12-13H2,1-2H3,(H3,21,22,23). The second kappa shape index (κ2) is 10.1. The van der Waals surface area contributed by atoms with Crippen molar-refractivity contribution in [1.29, 1.82) is 0 Å². The molecule has 0 aliphatic rings. The van der Waals surface area contributed by atoms with Crippen LogP contribution in [0.2, 0.25) is 0 Å². The van der Waals surface area contributed by atoms with Crippen molar-refractivity contribution in [2.75, 3.05) is 11.9 Å². The van der Waals surface area contributed by atoms with Crippen LogP contribution >= 0.6 is 0 Å². The Balaban J connectivity index is 1.82. The summed E-state index contributed by atoms with van der Waals surface area (Å²) in [5.41, 5.74) is 6.66. The van der Waals surface area contributed by atoms with E-state index in [9.17, 15) is 4.79 Å². The number of nitrogens with one attached hydrogen (secondary N) is 1. The number of hydrogen-bond donors (Lipinski definition) is 2. The molecule has 0 fully saturated rings. The highest BCUT2D eigenvalue weighted by atomic mass is 16.5. The van der Waals surface area contributed by atoms with Gasteiger partial charge in [0.1, 0.15) is 11.5 Å². The van der Waals surface area contributed by atoms with Crippen LogP contribution in [0.3, 0.4) is 0 Å². The van der Waals surface area contributed by atoms with Crippen molar-refractivity contribution >= 4 is 17.6 Å². The number of nitrogens with zero attached hydrogens (tertiary/aromatic N) is 1. The number of aliphatic imine (C=N–C) groups is 1. The summed E-state index contributed by atoms with van der Waals surface area (Å²) in [5.74, 6) is 1.54. The molecule has 0 aromatic heterocycles. The molecule has 0 saturated heterocycles. The first kappa shape index (κ1) is 19.3. The number of hydrogen-bond acceptors (Lipinski definition) is 4. The molecule has 26 heavy (non-hydrogen) atoms. The molecule has 2 aromatic carbocycles. The van der Waals surface area contributed by atoms with E-state index in [4.69, 9.17) is 15.2 Å². The minimum absolute atomic E-state index is 0.0943. The molecule has 0 radical (unpaired) electrons. The van der Waals surface area contributed by atoms with E-state index in [1.54, 1.807) is 0 Å². The minimum atomic E-state index is -0.215. The Hall–Kier alpha value is -3.02. The van der Waals surface area contributed by atoms with Crippen molar-refractivity contribution in [1.82, 2.24) is 0 Å². The Morgan fingerprint density at radius 1 is 1.12 bits per heavy atom. The van der Waals surface area contributed by atoms with Crippen LogP contribution in [0.4, 0.5) is 5.69 Å². The predicted molar refractivity (Wildman–Crippen MR) is 104 cm³/mol. The first-order valence-electron chi connectivity index (χ1n) is 8.62. The van der Waals surface area contributed by atoms with Gasteiger partial charge in [0.25, 0.3) is 0 Å². The number of nitrogens with two attached hydrogens (primary N) is 1. The number of guanidine groups is 1. The van der Waals surface area contributed by atoms with E-state index in [1.807, 2.05) is 68.4 Å². The van der Waals surface area contributed by atoms with Crippen molar-refractivity contribution < 1.29 is 14.3 Å². The molecule has 6 heteroatoms. The number of rotatable bonds is 8. The fraction of sp³-hybridized carbons (Fsp3) is 0.300. The Bertz CT molecular complexity index is 730. The summed E-state index contributed by atoms with van der Waals surface area (Å²) >= 11 is 0. The topological polar surface area (TPSA) is 85.9 Å². The monoisotopic (exact) mass is 355 g/mol. The molecule has 2 rings (SSSR count). The summed E-state index contributed by atoms with van der Waals surface area (Å²) in [5, 5.41) is 3.02. The van der Waals surface area contributed by atoms with Gasteiger partial charge in [-0.25, -0.2) is 0 Å². The van der Waals surface area contributed by atoms with Crippen LogP contribution in [0.25, 0.3) is 0 Å². The van der Waals surface area contributed by atoms with Gasteiger partial charge in [-0.05, 0) is 44.5 Å². The lowest BCUT2D eigenvalue weighted by Crippen LogP contribution is -2.23. The van der Waals surface area contributed by atoms with Crippen LogP contribution in [-0.2, 0) is 9.53 Å². The van der Waals surface area contributed by atoms with Crippen molar-refractivity contribution in [3.63, 3.8) is 0 Å². The number of para-hydroxylation sites is 1. The van der Waals surface area contributed by atoms with Crippen molar-refractivity contribution in [2.24, 2.45) is 10.7 Å². The highest BCUT2D eigenvalue weighted by Gasteiger charge is 2.04. The summed E-state index contributed by atoms with van der Waals surface area (Å²) in [6, 6.07) is 17.0. The van der Waals surface area contributed by atoms with Crippen LogP contribution in [0.15, 0.2) is 59.6 Å². The molecule has 0 amide bonds. The third-order valence-corrected chi connectivity index (χ3v) is 3.27. The Morgan fingerprint density at radius 3 is 2.58 bits per heavy atom. The fourth-order valence-corrected chi connectivity index (χ4v) is 2.19. The van der Waals surface area contributed by atoms with Gasteiger partial charge >= 0.3 is 5.97 Å².